The van der Waals surface area contributed by atoms with Crippen LogP contribution >= 0.6 is 0 Å². The van der Waals surface area contributed by atoms with E-state index in [1.54, 1.807) is 18.2 Å². The van der Waals surface area contributed by atoms with Gasteiger partial charge in [0.1, 0.15) is 5.75 Å². The van der Waals surface area contributed by atoms with Gasteiger partial charge in [-0.1, -0.05) is 160 Å². The molecule has 1 aromatic carbocycles. The second kappa shape index (κ2) is 24.6. The van der Waals surface area contributed by atoms with Gasteiger partial charge in [-0.15, -0.1) is 0 Å². The highest BCUT2D eigenvalue weighted by molar-refractivity contribution is 5.83. The van der Waals surface area contributed by atoms with E-state index in [9.17, 15) is 4.79 Å². The first kappa shape index (κ1) is 30.5. The summed E-state index contributed by atoms with van der Waals surface area (Å²) in [6.07, 6.45) is 34.0. The predicted molar refractivity (Wildman–Crippen MR) is 148 cm³/mol. The van der Waals surface area contributed by atoms with Crippen molar-refractivity contribution in [2.75, 3.05) is 0 Å². The highest BCUT2D eigenvalue weighted by atomic mass is 16.5. The van der Waals surface area contributed by atoms with E-state index in [-0.39, 0.29) is 5.97 Å². The molecule has 0 heterocycles. The lowest BCUT2D eigenvalue weighted by molar-refractivity contribution is -0.129. The molecule has 0 spiro atoms. The van der Waals surface area contributed by atoms with Gasteiger partial charge in [0.05, 0.1) is 0 Å². The number of hydrogen-bond donors (Lipinski definition) is 0. The Balaban J connectivity index is 1.72. The standard InChI is InChI=1S/C32H54O2/c1-2-3-4-5-6-7-8-9-10-11-12-13-14-15-16-17-18-19-20-21-22-23-27-30-32(33)34-31-28-25-24-26-29-31/h24-30H,2-23H2,1H3. The molecule has 2 nitrogen and oxygen atoms in total. The number of unbranched alkanes of at least 4 members (excludes halogenated alkanes) is 21. The Morgan fingerprint density at radius 2 is 0.971 bits per heavy atom. The average molecular weight is 471 g/mol. The Morgan fingerprint density at radius 3 is 1.38 bits per heavy atom. The Hall–Kier alpha value is -1.57. The lowest BCUT2D eigenvalue weighted by Gasteiger charge is -2.04. The average Bonchev–Trinajstić information content (AvgIpc) is 2.85. The summed E-state index contributed by atoms with van der Waals surface area (Å²) in [5.74, 6) is 0.320. The van der Waals surface area contributed by atoms with Gasteiger partial charge in [0.2, 0.25) is 0 Å². The topological polar surface area (TPSA) is 26.3 Å². The van der Waals surface area contributed by atoms with Crippen LogP contribution in [0.4, 0.5) is 0 Å². The number of carbonyl (C=O) groups is 1. The largest absolute Gasteiger partial charge is 0.423 e. The fourth-order valence-corrected chi connectivity index (χ4v) is 4.51. The number of allylic oxidation sites excluding steroid dienone is 1. The van der Waals surface area contributed by atoms with Crippen molar-refractivity contribution in [3.8, 4) is 5.75 Å². The molecule has 1 rings (SSSR count). The Bertz CT molecular complexity index is 578. The van der Waals surface area contributed by atoms with Gasteiger partial charge in [-0.2, -0.15) is 0 Å². The maximum atomic E-state index is 11.7. The molecule has 0 N–H and O–H groups in total. The van der Waals surface area contributed by atoms with E-state index in [1.165, 1.54) is 128 Å². The van der Waals surface area contributed by atoms with Crippen LogP contribution in [0.5, 0.6) is 5.75 Å². The molecule has 2 heteroatoms. The van der Waals surface area contributed by atoms with Gasteiger partial charge in [-0.3, -0.25) is 0 Å². The number of rotatable bonds is 24. The van der Waals surface area contributed by atoms with Gasteiger partial charge < -0.3 is 4.74 Å². The molecule has 0 aromatic heterocycles. The highest BCUT2D eigenvalue weighted by Crippen LogP contribution is 2.15. The van der Waals surface area contributed by atoms with Crippen molar-refractivity contribution in [2.24, 2.45) is 0 Å². The van der Waals surface area contributed by atoms with Crippen LogP contribution in [0.2, 0.25) is 0 Å². The fourth-order valence-electron chi connectivity index (χ4n) is 4.51. The summed E-state index contributed by atoms with van der Waals surface area (Å²) in [5, 5.41) is 0. The van der Waals surface area contributed by atoms with Crippen LogP contribution in [-0.2, 0) is 4.79 Å². The second-order valence-corrected chi connectivity index (χ2v) is 10.00. The number of benzene rings is 1. The Kier molecular flexibility index (Phi) is 22.0. The van der Waals surface area contributed by atoms with Crippen molar-refractivity contribution in [3.63, 3.8) is 0 Å². The van der Waals surface area contributed by atoms with Crippen molar-refractivity contribution in [1.29, 1.82) is 0 Å². The summed E-state index contributed by atoms with van der Waals surface area (Å²) in [5.41, 5.74) is 0. The minimum Gasteiger partial charge on any atom is -0.423 e. The van der Waals surface area contributed by atoms with Crippen LogP contribution in [0.25, 0.3) is 0 Å². The number of hydrogen-bond acceptors (Lipinski definition) is 2. The zero-order valence-corrected chi connectivity index (χ0v) is 22.4. The fraction of sp³-hybridized carbons (Fsp3) is 0.719. The van der Waals surface area contributed by atoms with E-state index in [2.05, 4.69) is 6.92 Å². The van der Waals surface area contributed by atoms with Crippen LogP contribution in [-0.4, -0.2) is 5.97 Å². The van der Waals surface area contributed by atoms with E-state index in [1.807, 2.05) is 24.3 Å². The molecule has 0 amide bonds. The first-order valence-electron chi connectivity index (χ1n) is 14.8. The van der Waals surface area contributed by atoms with Crippen LogP contribution in [0, 0.1) is 0 Å². The van der Waals surface area contributed by atoms with Crippen molar-refractivity contribution in [1.82, 2.24) is 0 Å². The summed E-state index contributed by atoms with van der Waals surface area (Å²) in [4.78, 5) is 11.7. The third kappa shape index (κ3) is 21.0. The van der Waals surface area contributed by atoms with E-state index >= 15 is 0 Å². The number of carbonyl (C=O) groups excluding carboxylic acids is 1. The maximum absolute atomic E-state index is 11.7. The minimum atomic E-state index is -0.283. The second-order valence-electron chi connectivity index (χ2n) is 10.00. The van der Waals surface area contributed by atoms with Gasteiger partial charge in [-0.05, 0) is 25.0 Å². The third-order valence-electron chi connectivity index (χ3n) is 6.69. The van der Waals surface area contributed by atoms with Crippen LogP contribution in [0.3, 0.4) is 0 Å². The van der Waals surface area contributed by atoms with Crippen molar-refractivity contribution < 1.29 is 9.53 Å². The lowest BCUT2D eigenvalue weighted by atomic mass is 10.0. The van der Waals surface area contributed by atoms with Gasteiger partial charge in [0.15, 0.2) is 0 Å². The van der Waals surface area contributed by atoms with Crippen LogP contribution < -0.4 is 4.74 Å². The van der Waals surface area contributed by atoms with Crippen LogP contribution in [0.1, 0.15) is 148 Å². The zero-order valence-electron chi connectivity index (χ0n) is 22.4. The van der Waals surface area contributed by atoms with Gasteiger partial charge >= 0.3 is 5.97 Å². The molecule has 0 aliphatic heterocycles. The van der Waals surface area contributed by atoms with E-state index in [4.69, 9.17) is 4.74 Å². The van der Waals surface area contributed by atoms with Gasteiger partial charge in [0.25, 0.3) is 0 Å². The normalized spacial score (nSPS) is 11.3. The molecular weight excluding hydrogens is 416 g/mol. The summed E-state index contributed by atoms with van der Waals surface area (Å²) in [6.45, 7) is 2.29. The summed E-state index contributed by atoms with van der Waals surface area (Å²) < 4.78 is 5.24. The summed E-state index contributed by atoms with van der Waals surface area (Å²) in [7, 11) is 0. The van der Waals surface area contributed by atoms with E-state index in [0.717, 1.165) is 12.8 Å². The monoisotopic (exact) mass is 470 g/mol. The number of esters is 1. The smallest absolute Gasteiger partial charge is 0.335 e. The number of para-hydroxylation sites is 1. The highest BCUT2D eigenvalue weighted by Gasteiger charge is 1.99. The SMILES string of the molecule is CCCCCCCCCCCCCCCCCCCCCCCC=CC(=O)Oc1ccccc1. The predicted octanol–water partition coefficient (Wildman–Crippen LogP) is 10.8. The molecule has 0 atom stereocenters. The molecule has 0 bridgehead atoms. The Morgan fingerprint density at radius 1 is 0.588 bits per heavy atom. The van der Waals surface area contributed by atoms with Gasteiger partial charge in [-0.25, -0.2) is 4.79 Å². The molecule has 34 heavy (non-hydrogen) atoms. The molecule has 0 fully saturated rings. The lowest BCUT2D eigenvalue weighted by Crippen LogP contribution is -2.03. The van der Waals surface area contributed by atoms with Crippen LogP contribution in [0.15, 0.2) is 42.5 Å². The quantitative estimate of drug-likeness (QED) is 0.0649. The number of ether oxygens (including phenoxy) is 1. The Labute approximate surface area is 212 Å². The third-order valence-corrected chi connectivity index (χ3v) is 6.69. The molecule has 0 saturated heterocycles. The molecular formula is C32H54O2. The van der Waals surface area contributed by atoms with Crippen molar-refractivity contribution in [2.45, 2.75) is 148 Å². The first-order chi connectivity index (χ1) is 16.8. The molecule has 1 aromatic rings. The maximum Gasteiger partial charge on any atom is 0.335 e. The molecule has 0 aliphatic rings. The molecule has 0 aliphatic carbocycles. The van der Waals surface area contributed by atoms with Crippen molar-refractivity contribution >= 4 is 5.97 Å². The van der Waals surface area contributed by atoms with Crippen molar-refractivity contribution in [3.05, 3.63) is 42.5 Å². The summed E-state index contributed by atoms with van der Waals surface area (Å²) in [6, 6.07) is 9.24. The van der Waals surface area contributed by atoms with E-state index in [0.29, 0.717) is 5.75 Å². The zero-order chi connectivity index (χ0) is 24.4. The molecule has 0 saturated carbocycles. The molecule has 194 valence electrons. The summed E-state index contributed by atoms with van der Waals surface area (Å²) >= 11 is 0. The van der Waals surface area contributed by atoms with E-state index < -0.39 is 0 Å². The van der Waals surface area contributed by atoms with Gasteiger partial charge in [0, 0.05) is 6.08 Å². The minimum absolute atomic E-state index is 0.283. The molecule has 0 unspecified atom stereocenters. The first-order valence-corrected chi connectivity index (χ1v) is 14.8. The molecule has 0 radical (unpaired) electrons.